The van der Waals surface area contributed by atoms with E-state index < -0.39 is 5.91 Å². The summed E-state index contributed by atoms with van der Waals surface area (Å²) in [7, 11) is 1.58. The molecular weight excluding hydrogens is 344 g/mol. The fourth-order valence-corrected chi connectivity index (χ4v) is 2.61. The number of methoxy groups -OCH3 is 1. The zero-order valence-corrected chi connectivity index (χ0v) is 14.9. The fraction of sp³-hybridized carbons (Fsp3) is 0.143. The van der Waals surface area contributed by atoms with Crippen molar-refractivity contribution >= 4 is 22.6 Å². The van der Waals surface area contributed by atoms with E-state index in [1.54, 1.807) is 37.4 Å². The van der Waals surface area contributed by atoms with Crippen LogP contribution in [0.5, 0.6) is 11.5 Å². The Morgan fingerprint density at radius 2 is 1.56 bits per heavy atom. The van der Waals surface area contributed by atoms with Crippen molar-refractivity contribution in [2.24, 2.45) is 0 Å². The number of nitrogens with one attached hydrogen (secondary N) is 2. The van der Waals surface area contributed by atoms with Crippen LogP contribution in [0.25, 0.3) is 10.8 Å². The molecule has 3 aromatic carbocycles. The second-order valence-electron chi connectivity index (χ2n) is 5.89. The number of hydrogen-bond donors (Lipinski definition) is 2. The topological polar surface area (TPSA) is 76.7 Å². The number of hydrogen-bond acceptors (Lipinski definition) is 4. The van der Waals surface area contributed by atoms with E-state index in [4.69, 9.17) is 9.47 Å². The minimum absolute atomic E-state index is 0.147. The van der Waals surface area contributed by atoms with Crippen LogP contribution in [-0.2, 0) is 16.0 Å². The highest BCUT2D eigenvalue weighted by molar-refractivity contribution is 5.89. The molecule has 0 saturated carbocycles. The van der Waals surface area contributed by atoms with Gasteiger partial charge in [0.1, 0.15) is 11.5 Å². The van der Waals surface area contributed by atoms with Crippen LogP contribution >= 0.6 is 0 Å². The molecule has 0 fully saturated rings. The number of carbonyl (C=O) groups excluding carboxylic acids is 2. The van der Waals surface area contributed by atoms with Gasteiger partial charge in [0.15, 0.2) is 6.61 Å². The van der Waals surface area contributed by atoms with E-state index in [0.717, 1.165) is 22.1 Å². The molecular formula is C21H20N2O4. The molecule has 0 heterocycles. The van der Waals surface area contributed by atoms with Gasteiger partial charge in [-0.05, 0) is 29.1 Å². The molecule has 6 heteroatoms. The Labute approximate surface area is 157 Å². The number of carbonyl (C=O) groups is 2. The first-order valence-corrected chi connectivity index (χ1v) is 8.47. The lowest BCUT2D eigenvalue weighted by Crippen LogP contribution is -2.44. The third-order valence-electron chi connectivity index (χ3n) is 3.97. The second-order valence-corrected chi connectivity index (χ2v) is 5.89. The molecule has 0 unspecified atom stereocenters. The summed E-state index contributed by atoms with van der Waals surface area (Å²) in [6, 6.07) is 20.5. The molecule has 0 radical (unpaired) electrons. The van der Waals surface area contributed by atoms with Crippen molar-refractivity contribution in [3.05, 3.63) is 72.3 Å². The Morgan fingerprint density at radius 3 is 2.33 bits per heavy atom. The average molecular weight is 364 g/mol. The minimum atomic E-state index is -0.439. The molecule has 2 N–H and O–H groups in total. The third kappa shape index (κ3) is 4.98. The van der Waals surface area contributed by atoms with Crippen molar-refractivity contribution in [3.8, 4) is 11.5 Å². The van der Waals surface area contributed by atoms with E-state index in [2.05, 4.69) is 10.9 Å². The average Bonchev–Trinajstić information content (AvgIpc) is 2.71. The zero-order chi connectivity index (χ0) is 19.1. The van der Waals surface area contributed by atoms with Gasteiger partial charge in [0.2, 0.25) is 5.91 Å². The molecule has 0 bridgehead atoms. The van der Waals surface area contributed by atoms with Crippen molar-refractivity contribution in [1.29, 1.82) is 0 Å². The van der Waals surface area contributed by atoms with E-state index in [1.807, 2.05) is 36.4 Å². The summed E-state index contributed by atoms with van der Waals surface area (Å²) >= 11 is 0. The summed E-state index contributed by atoms with van der Waals surface area (Å²) in [5.41, 5.74) is 5.55. The Kier molecular flexibility index (Phi) is 5.89. The first kappa shape index (κ1) is 18.3. The lowest BCUT2D eigenvalue weighted by molar-refractivity contribution is -0.129. The molecule has 3 rings (SSSR count). The van der Waals surface area contributed by atoms with E-state index in [9.17, 15) is 9.59 Å². The molecule has 6 nitrogen and oxygen atoms in total. The molecule has 138 valence electrons. The van der Waals surface area contributed by atoms with Crippen molar-refractivity contribution in [1.82, 2.24) is 10.9 Å². The van der Waals surface area contributed by atoms with Crippen LogP contribution in [0.15, 0.2) is 66.7 Å². The summed E-state index contributed by atoms with van der Waals surface area (Å²) in [5.74, 6) is 0.579. The van der Waals surface area contributed by atoms with Gasteiger partial charge in [-0.2, -0.15) is 0 Å². The summed E-state index contributed by atoms with van der Waals surface area (Å²) < 4.78 is 10.7. The largest absolute Gasteiger partial charge is 0.497 e. The van der Waals surface area contributed by atoms with Crippen LogP contribution in [0.3, 0.4) is 0 Å². The van der Waals surface area contributed by atoms with Crippen molar-refractivity contribution in [2.45, 2.75) is 6.42 Å². The molecule has 0 aliphatic heterocycles. The molecule has 0 aliphatic carbocycles. The standard InChI is InChI=1S/C21H20N2O4/c1-26-17-11-9-15(10-12-17)13-20(24)22-23-21(25)14-27-19-8-4-6-16-5-2-3-7-18(16)19/h2-12H,13-14H2,1H3,(H,22,24)(H,23,25). The van der Waals surface area contributed by atoms with Gasteiger partial charge < -0.3 is 9.47 Å². The van der Waals surface area contributed by atoms with Gasteiger partial charge in [-0.3, -0.25) is 20.4 Å². The third-order valence-corrected chi connectivity index (χ3v) is 3.97. The number of ether oxygens (including phenoxy) is 2. The SMILES string of the molecule is COc1ccc(CC(=O)NNC(=O)COc2cccc3ccccc23)cc1. The van der Waals surface area contributed by atoms with Gasteiger partial charge in [-0.1, -0.05) is 48.5 Å². The minimum Gasteiger partial charge on any atom is -0.497 e. The van der Waals surface area contributed by atoms with Crippen LogP contribution < -0.4 is 20.3 Å². The summed E-state index contributed by atoms with van der Waals surface area (Å²) in [4.78, 5) is 23.8. The summed E-state index contributed by atoms with van der Waals surface area (Å²) in [5, 5.41) is 1.96. The van der Waals surface area contributed by atoms with Crippen LogP contribution in [0.2, 0.25) is 0 Å². The van der Waals surface area contributed by atoms with Crippen molar-refractivity contribution < 1.29 is 19.1 Å². The first-order valence-electron chi connectivity index (χ1n) is 8.47. The number of fused-ring (bicyclic) bond motifs is 1. The lowest BCUT2D eigenvalue weighted by Gasteiger charge is -2.10. The molecule has 0 saturated heterocycles. The molecule has 0 atom stereocenters. The molecule has 2 amide bonds. The van der Waals surface area contributed by atoms with Crippen molar-refractivity contribution in [3.63, 3.8) is 0 Å². The maximum Gasteiger partial charge on any atom is 0.276 e. The van der Waals surface area contributed by atoms with Crippen LogP contribution in [-0.4, -0.2) is 25.5 Å². The van der Waals surface area contributed by atoms with Gasteiger partial charge in [-0.15, -0.1) is 0 Å². The number of amides is 2. The lowest BCUT2D eigenvalue weighted by atomic mass is 10.1. The molecule has 0 aliphatic rings. The van der Waals surface area contributed by atoms with E-state index in [0.29, 0.717) is 5.75 Å². The normalized spacial score (nSPS) is 10.3. The Bertz CT molecular complexity index is 933. The quantitative estimate of drug-likeness (QED) is 0.659. The molecule has 27 heavy (non-hydrogen) atoms. The maximum absolute atomic E-state index is 11.9. The second kappa shape index (κ2) is 8.71. The van der Waals surface area contributed by atoms with Gasteiger partial charge in [0.25, 0.3) is 5.91 Å². The highest BCUT2D eigenvalue weighted by atomic mass is 16.5. The van der Waals surface area contributed by atoms with Crippen LogP contribution in [0, 0.1) is 0 Å². The zero-order valence-electron chi connectivity index (χ0n) is 14.9. The number of hydrazine groups is 1. The van der Waals surface area contributed by atoms with Gasteiger partial charge >= 0.3 is 0 Å². The summed E-state index contributed by atoms with van der Waals surface area (Å²) in [6.07, 6.45) is 0.147. The van der Waals surface area contributed by atoms with Crippen molar-refractivity contribution in [2.75, 3.05) is 13.7 Å². The molecule has 3 aromatic rings. The predicted octanol–water partition coefficient (Wildman–Crippen LogP) is 2.62. The Balaban J connectivity index is 1.47. The summed E-state index contributed by atoms with van der Waals surface area (Å²) in [6.45, 7) is -0.198. The van der Waals surface area contributed by atoms with Gasteiger partial charge in [0.05, 0.1) is 13.5 Å². The molecule has 0 spiro atoms. The Morgan fingerprint density at radius 1 is 0.852 bits per heavy atom. The van der Waals surface area contributed by atoms with E-state index in [-0.39, 0.29) is 18.9 Å². The number of rotatable bonds is 6. The van der Waals surface area contributed by atoms with E-state index in [1.165, 1.54) is 0 Å². The van der Waals surface area contributed by atoms with Gasteiger partial charge in [0, 0.05) is 5.39 Å². The fourth-order valence-electron chi connectivity index (χ4n) is 2.61. The van der Waals surface area contributed by atoms with Crippen LogP contribution in [0.1, 0.15) is 5.56 Å². The highest BCUT2D eigenvalue weighted by Gasteiger charge is 2.08. The Hall–Kier alpha value is -3.54. The number of benzene rings is 3. The predicted molar refractivity (Wildman–Crippen MR) is 102 cm³/mol. The monoisotopic (exact) mass is 364 g/mol. The highest BCUT2D eigenvalue weighted by Crippen LogP contribution is 2.24. The molecule has 0 aromatic heterocycles. The smallest absolute Gasteiger partial charge is 0.276 e. The van der Waals surface area contributed by atoms with Crippen LogP contribution in [0.4, 0.5) is 0 Å². The first-order chi connectivity index (χ1) is 13.2. The maximum atomic E-state index is 11.9. The van der Waals surface area contributed by atoms with Gasteiger partial charge in [-0.25, -0.2) is 0 Å². The van der Waals surface area contributed by atoms with E-state index >= 15 is 0 Å².